The fourth-order valence-corrected chi connectivity index (χ4v) is 7.24. The number of aliphatic hydroxyl groups is 2. The molecule has 0 radical (unpaired) electrons. The third-order valence-electron chi connectivity index (χ3n) is 10.5. The van der Waals surface area contributed by atoms with Gasteiger partial charge in [0, 0.05) is 25.3 Å². The largest absolute Gasteiger partial charge is 0.479 e. The summed E-state index contributed by atoms with van der Waals surface area (Å²) in [6, 6.07) is 9.35. The highest BCUT2D eigenvalue weighted by atomic mass is 16.8. The Kier molecular flexibility index (Phi) is 16.6. The number of allylic oxidation sites excluding steroid dienone is 1. The van der Waals surface area contributed by atoms with Crippen molar-refractivity contribution in [3.05, 3.63) is 60.2 Å². The molecule has 0 aliphatic carbocycles. The molecule has 2 aliphatic rings. The van der Waals surface area contributed by atoms with E-state index in [4.69, 9.17) is 33.2 Å². The van der Waals surface area contributed by atoms with E-state index >= 15 is 0 Å². The van der Waals surface area contributed by atoms with Gasteiger partial charge in [-0.2, -0.15) is 0 Å². The van der Waals surface area contributed by atoms with Crippen LogP contribution in [-0.2, 0) is 68.3 Å². The van der Waals surface area contributed by atoms with Gasteiger partial charge in [0.05, 0.1) is 12.0 Å². The smallest absolute Gasteiger partial charge is 0.348 e. The highest BCUT2D eigenvalue weighted by Gasteiger charge is 2.86. The number of fused-ring (bicyclic) bond motifs is 2. The molecule has 16 heteroatoms. The minimum Gasteiger partial charge on any atom is -0.479 e. The van der Waals surface area contributed by atoms with Crippen LogP contribution in [0.4, 0.5) is 0 Å². The minimum absolute atomic E-state index is 0.138. The second kappa shape index (κ2) is 20.1. The van der Waals surface area contributed by atoms with Crippen LogP contribution in [0.25, 0.3) is 0 Å². The number of aliphatic hydroxyl groups excluding tert-OH is 1. The first-order valence-electron chi connectivity index (χ1n) is 19.8. The molecule has 3 rings (SSSR count). The van der Waals surface area contributed by atoms with Crippen molar-refractivity contribution in [3.63, 3.8) is 0 Å². The summed E-state index contributed by atoms with van der Waals surface area (Å²) in [6.45, 7) is 17.5. The second-order valence-electron chi connectivity index (χ2n) is 16.4. The standard InChI is InChI=1S/C43H60O16/c1-11-25(3)22-26(4)18-19-31(45)57-34-33(46)41(21-20-27(5)32(56-29(7)44)28(6)23-30-16-14-13-15-17-30)58-35(36(47)53-12-2)42(52,43(34,59-41)37(48)49)39(51)55-24-54-38(50)40(8,9)10/h13-19,25-26,28,32-35,46,52H,5,11-12,20-24H2,1-4,6-10H3,(H,48,49)/b19-18+/t25-,26+,28+,32+,33+,34+,35?,41?,42?,43?/m0/s1. The Bertz CT molecular complexity index is 1720. The van der Waals surface area contributed by atoms with Crippen molar-refractivity contribution in [2.75, 3.05) is 13.4 Å². The van der Waals surface area contributed by atoms with E-state index in [-0.39, 0.29) is 30.4 Å². The average molecular weight is 833 g/mol. The first-order chi connectivity index (χ1) is 27.5. The van der Waals surface area contributed by atoms with Gasteiger partial charge in [0.2, 0.25) is 29.9 Å². The molecule has 0 aromatic heterocycles. The van der Waals surface area contributed by atoms with Gasteiger partial charge in [-0.15, -0.1) is 0 Å². The lowest BCUT2D eigenvalue weighted by molar-refractivity contribution is -0.375. The third-order valence-corrected chi connectivity index (χ3v) is 10.5. The van der Waals surface area contributed by atoms with Crippen LogP contribution >= 0.6 is 0 Å². The molecule has 2 heterocycles. The quantitative estimate of drug-likeness (QED) is 0.0545. The molecule has 328 valence electrons. The number of carboxylic acid groups (broad SMARTS) is 1. The number of esters is 5. The zero-order chi connectivity index (χ0) is 44.5. The lowest BCUT2D eigenvalue weighted by atomic mass is 9.74. The predicted molar refractivity (Wildman–Crippen MR) is 209 cm³/mol. The Morgan fingerprint density at radius 2 is 1.64 bits per heavy atom. The summed E-state index contributed by atoms with van der Waals surface area (Å²) in [6.07, 6.45) is -4.50. The molecular weight excluding hydrogens is 772 g/mol. The Balaban J connectivity index is 2.15. The maximum atomic E-state index is 14.0. The van der Waals surface area contributed by atoms with Crippen LogP contribution in [0.15, 0.2) is 54.6 Å². The molecule has 16 nitrogen and oxygen atoms in total. The summed E-state index contributed by atoms with van der Waals surface area (Å²) in [4.78, 5) is 79.6. The summed E-state index contributed by atoms with van der Waals surface area (Å²) in [5.41, 5.74) is -7.14. The number of carbonyl (C=O) groups excluding carboxylic acids is 5. The van der Waals surface area contributed by atoms with E-state index in [0.717, 1.165) is 18.1 Å². The van der Waals surface area contributed by atoms with Crippen LogP contribution in [0.1, 0.15) is 93.6 Å². The van der Waals surface area contributed by atoms with E-state index in [2.05, 4.69) is 6.58 Å². The fraction of sp³-hybridized carbons (Fsp3) is 0.628. The van der Waals surface area contributed by atoms with Crippen molar-refractivity contribution < 1.29 is 77.2 Å². The molecular formula is C43H60O16. The highest BCUT2D eigenvalue weighted by Crippen LogP contribution is 2.56. The molecule has 0 amide bonds. The monoisotopic (exact) mass is 832 g/mol. The molecule has 4 unspecified atom stereocenters. The summed E-state index contributed by atoms with van der Waals surface area (Å²) in [5.74, 6) is -11.0. The molecule has 2 aliphatic heterocycles. The van der Waals surface area contributed by atoms with Gasteiger partial charge >= 0.3 is 35.8 Å². The molecule has 0 saturated carbocycles. The third kappa shape index (κ3) is 11.0. The zero-order valence-electron chi connectivity index (χ0n) is 35.4. The Morgan fingerprint density at radius 1 is 1.00 bits per heavy atom. The van der Waals surface area contributed by atoms with E-state index in [1.807, 2.05) is 58.0 Å². The molecule has 0 spiro atoms. The molecule has 1 aromatic carbocycles. The molecule has 2 saturated heterocycles. The molecule has 1 aromatic rings. The van der Waals surface area contributed by atoms with Gasteiger partial charge in [-0.05, 0) is 69.9 Å². The van der Waals surface area contributed by atoms with Gasteiger partial charge in [-0.25, -0.2) is 19.2 Å². The number of ether oxygens (including phenoxy) is 7. The van der Waals surface area contributed by atoms with Crippen LogP contribution in [0.5, 0.6) is 0 Å². The van der Waals surface area contributed by atoms with Gasteiger partial charge in [0.15, 0.2) is 6.10 Å². The van der Waals surface area contributed by atoms with Gasteiger partial charge in [0.25, 0.3) is 0 Å². The van der Waals surface area contributed by atoms with Gasteiger partial charge in [-0.3, -0.25) is 9.59 Å². The number of aliphatic carboxylic acids is 1. The van der Waals surface area contributed by atoms with E-state index in [0.29, 0.717) is 18.8 Å². The van der Waals surface area contributed by atoms with Gasteiger partial charge < -0.3 is 48.5 Å². The summed E-state index contributed by atoms with van der Waals surface area (Å²) < 4.78 is 38.4. The minimum atomic E-state index is -3.76. The highest BCUT2D eigenvalue weighted by molar-refractivity contribution is 5.99. The Morgan fingerprint density at radius 3 is 2.20 bits per heavy atom. The number of carboxylic acids is 1. The number of hydrogen-bond acceptors (Lipinski definition) is 15. The normalized spacial score (nSPS) is 27.1. The topological polar surface area (TPSA) is 228 Å². The van der Waals surface area contributed by atoms with Crippen LogP contribution < -0.4 is 0 Å². The number of carbonyl (C=O) groups is 6. The molecule has 2 fully saturated rings. The van der Waals surface area contributed by atoms with E-state index in [9.17, 15) is 44.1 Å². The van der Waals surface area contributed by atoms with Gasteiger partial charge in [-0.1, -0.05) is 77.1 Å². The van der Waals surface area contributed by atoms with Crippen LogP contribution in [0, 0.1) is 23.2 Å². The van der Waals surface area contributed by atoms with Crippen molar-refractivity contribution in [2.24, 2.45) is 23.2 Å². The number of hydrogen-bond donors (Lipinski definition) is 3. The Hall–Kier alpha value is -4.64. The lowest BCUT2D eigenvalue weighted by Gasteiger charge is -2.49. The molecule has 59 heavy (non-hydrogen) atoms. The van der Waals surface area contributed by atoms with Crippen molar-refractivity contribution >= 4 is 35.8 Å². The van der Waals surface area contributed by atoms with Crippen molar-refractivity contribution in [3.8, 4) is 0 Å². The average Bonchev–Trinajstić information content (AvgIpc) is 3.38. The predicted octanol–water partition coefficient (Wildman–Crippen LogP) is 4.37. The summed E-state index contributed by atoms with van der Waals surface area (Å²) >= 11 is 0. The van der Waals surface area contributed by atoms with Gasteiger partial charge in [0.1, 0.15) is 12.2 Å². The Labute approximate surface area is 345 Å². The first kappa shape index (κ1) is 48.7. The van der Waals surface area contributed by atoms with E-state index < -0.39 is 95.8 Å². The zero-order valence-corrected chi connectivity index (χ0v) is 35.4. The van der Waals surface area contributed by atoms with Crippen LogP contribution in [-0.4, -0.2) is 106 Å². The summed E-state index contributed by atoms with van der Waals surface area (Å²) in [7, 11) is 0. The maximum absolute atomic E-state index is 14.0. The van der Waals surface area contributed by atoms with Crippen LogP contribution in [0.2, 0.25) is 0 Å². The fourth-order valence-electron chi connectivity index (χ4n) is 7.24. The van der Waals surface area contributed by atoms with Crippen LogP contribution in [0.3, 0.4) is 0 Å². The molecule has 2 bridgehead atoms. The SMILES string of the molecule is C=C(CCC12OC(C(=O)OCC)C(O)(C(=O)OCOC(=O)C(C)(C)C)C(C(=O)O)(O1)[C@H](OC(=O)/C=C/[C@@H](C)C[C@@H](C)CC)[C@H]2O)[C@@H](OC(C)=O)[C@H](C)Cc1ccccc1. The first-order valence-corrected chi connectivity index (χ1v) is 19.8. The molecule has 10 atom stereocenters. The molecule has 3 N–H and O–H groups in total. The summed E-state index contributed by atoms with van der Waals surface area (Å²) in [5, 5.41) is 35.5. The lowest BCUT2D eigenvalue weighted by Crippen LogP contribution is -2.78. The van der Waals surface area contributed by atoms with Crippen molar-refractivity contribution in [1.29, 1.82) is 0 Å². The number of rotatable bonds is 20. The van der Waals surface area contributed by atoms with Crippen molar-refractivity contribution in [1.82, 2.24) is 0 Å². The maximum Gasteiger partial charge on any atom is 0.348 e. The number of benzene rings is 1. The van der Waals surface area contributed by atoms with Crippen molar-refractivity contribution in [2.45, 2.75) is 136 Å². The van der Waals surface area contributed by atoms with E-state index in [1.165, 1.54) is 40.7 Å². The van der Waals surface area contributed by atoms with E-state index in [1.54, 1.807) is 0 Å². The second-order valence-corrected chi connectivity index (χ2v) is 16.4.